The van der Waals surface area contributed by atoms with E-state index in [1.54, 1.807) is 7.05 Å². The lowest BCUT2D eigenvalue weighted by Crippen LogP contribution is -2.29. The van der Waals surface area contributed by atoms with Crippen LogP contribution >= 0.6 is 0 Å². The van der Waals surface area contributed by atoms with Crippen LogP contribution in [0.5, 0.6) is 0 Å². The highest BCUT2D eigenvalue weighted by Gasteiger charge is 2.16. The number of nitro benzene ring substituents is 1. The third kappa shape index (κ3) is 3.17. The molecule has 0 heterocycles. The Hall–Kier alpha value is -2.15. The van der Waals surface area contributed by atoms with Crippen molar-refractivity contribution in [2.75, 3.05) is 32.1 Å². The van der Waals surface area contributed by atoms with Gasteiger partial charge in [0.05, 0.1) is 10.5 Å². The zero-order valence-corrected chi connectivity index (χ0v) is 10.3. The molecule has 18 heavy (non-hydrogen) atoms. The average molecular weight is 252 g/mol. The molecule has 0 saturated heterocycles. The summed E-state index contributed by atoms with van der Waals surface area (Å²) >= 11 is 0. The van der Waals surface area contributed by atoms with Crippen LogP contribution in [-0.4, -0.2) is 38.0 Å². The maximum Gasteiger partial charge on any atom is 0.270 e. The molecule has 0 radical (unpaired) electrons. The Bertz CT molecular complexity index is 462. The molecule has 1 aromatic carbocycles. The van der Waals surface area contributed by atoms with Crippen LogP contribution in [-0.2, 0) is 0 Å². The van der Waals surface area contributed by atoms with Crippen molar-refractivity contribution < 1.29 is 9.72 Å². The number of carbonyl (C=O) groups excluding carboxylic acids is 1. The largest absolute Gasteiger partial charge is 0.373 e. The van der Waals surface area contributed by atoms with Crippen LogP contribution in [0.4, 0.5) is 11.4 Å². The van der Waals surface area contributed by atoms with Crippen molar-refractivity contribution in [3.8, 4) is 0 Å². The van der Waals surface area contributed by atoms with Crippen LogP contribution in [0.15, 0.2) is 18.2 Å². The molecular formula is C11H16N4O3. The number of hydrogen-bond acceptors (Lipinski definition) is 5. The van der Waals surface area contributed by atoms with Crippen molar-refractivity contribution in [3.63, 3.8) is 0 Å². The average Bonchev–Trinajstić information content (AvgIpc) is 2.34. The number of nitrogens with two attached hydrogens (primary N) is 1. The van der Waals surface area contributed by atoms with Crippen molar-refractivity contribution in [2.45, 2.75) is 0 Å². The molecule has 0 aliphatic rings. The number of benzene rings is 1. The van der Waals surface area contributed by atoms with Gasteiger partial charge in [0.25, 0.3) is 11.6 Å². The quantitative estimate of drug-likeness (QED) is 0.562. The van der Waals surface area contributed by atoms with E-state index in [9.17, 15) is 14.9 Å². The molecule has 1 amide bonds. The number of non-ortho nitro benzene ring substituents is 1. The molecule has 3 N–H and O–H groups in total. The van der Waals surface area contributed by atoms with Crippen molar-refractivity contribution in [1.29, 1.82) is 0 Å². The van der Waals surface area contributed by atoms with Gasteiger partial charge in [-0.1, -0.05) is 0 Å². The van der Waals surface area contributed by atoms with Gasteiger partial charge in [0.15, 0.2) is 0 Å². The third-order valence-electron chi connectivity index (χ3n) is 2.56. The van der Waals surface area contributed by atoms with Gasteiger partial charge in [0.2, 0.25) is 0 Å². The Morgan fingerprint density at radius 3 is 2.72 bits per heavy atom. The van der Waals surface area contributed by atoms with Gasteiger partial charge in [-0.25, -0.2) is 0 Å². The predicted octanol–water partition coefficient (Wildman–Crippen LogP) is 0.349. The van der Waals surface area contributed by atoms with E-state index in [0.717, 1.165) is 6.54 Å². The van der Waals surface area contributed by atoms with E-state index < -0.39 is 10.8 Å². The molecule has 0 spiro atoms. The van der Waals surface area contributed by atoms with Gasteiger partial charge in [-0.15, -0.1) is 0 Å². The molecule has 1 aromatic rings. The summed E-state index contributed by atoms with van der Waals surface area (Å²) in [6.45, 7) is 1.39. The molecule has 7 heteroatoms. The number of rotatable bonds is 6. The number of nitro groups is 1. The molecule has 7 nitrogen and oxygen atoms in total. The van der Waals surface area contributed by atoms with E-state index in [2.05, 4.69) is 5.32 Å². The van der Waals surface area contributed by atoms with E-state index in [1.807, 2.05) is 11.9 Å². The summed E-state index contributed by atoms with van der Waals surface area (Å²) in [5.74, 6) is -0.676. The maximum atomic E-state index is 11.3. The number of primary amides is 1. The minimum atomic E-state index is -0.676. The monoisotopic (exact) mass is 252 g/mol. The minimum absolute atomic E-state index is 0.144. The molecular weight excluding hydrogens is 236 g/mol. The lowest BCUT2D eigenvalue weighted by molar-refractivity contribution is -0.384. The lowest BCUT2D eigenvalue weighted by atomic mass is 10.1. The molecule has 0 atom stereocenters. The molecule has 0 fully saturated rings. The highest BCUT2D eigenvalue weighted by atomic mass is 16.6. The third-order valence-corrected chi connectivity index (χ3v) is 2.56. The summed E-state index contributed by atoms with van der Waals surface area (Å²) in [6, 6.07) is 4.10. The van der Waals surface area contributed by atoms with E-state index in [1.165, 1.54) is 18.2 Å². The van der Waals surface area contributed by atoms with Crippen molar-refractivity contribution >= 4 is 17.3 Å². The highest BCUT2D eigenvalue weighted by molar-refractivity contribution is 5.99. The first-order valence-corrected chi connectivity index (χ1v) is 5.41. The Morgan fingerprint density at radius 2 is 2.22 bits per heavy atom. The molecule has 98 valence electrons. The summed E-state index contributed by atoms with van der Waals surface area (Å²) in [5.41, 5.74) is 5.84. The Balaban J connectivity index is 3.11. The van der Waals surface area contributed by atoms with Crippen molar-refractivity contribution in [1.82, 2.24) is 5.32 Å². The van der Waals surface area contributed by atoms with Crippen LogP contribution in [0.1, 0.15) is 10.4 Å². The number of nitrogens with zero attached hydrogens (tertiary/aromatic N) is 2. The fraction of sp³-hybridized carbons (Fsp3) is 0.364. The molecule has 0 saturated carbocycles. The first kappa shape index (κ1) is 13.9. The molecule has 0 aliphatic carbocycles. The molecule has 0 bridgehead atoms. The second kappa shape index (κ2) is 5.97. The van der Waals surface area contributed by atoms with E-state index in [4.69, 9.17) is 5.73 Å². The second-order valence-electron chi connectivity index (χ2n) is 3.85. The van der Waals surface area contributed by atoms with Gasteiger partial charge >= 0.3 is 0 Å². The lowest BCUT2D eigenvalue weighted by Gasteiger charge is -2.21. The SMILES string of the molecule is CNCCN(C)c1ccc([N+](=O)[O-])cc1C(N)=O. The number of anilines is 1. The van der Waals surface area contributed by atoms with Gasteiger partial charge in [-0.05, 0) is 13.1 Å². The zero-order chi connectivity index (χ0) is 13.7. The number of likely N-dealkylation sites (N-methyl/N-ethyl adjacent to an activating group) is 2. The van der Waals surface area contributed by atoms with Gasteiger partial charge < -0.3 is 16.0 Å². The zero-order valence-electron chi connectivity index (χ0n) is 10.3. The first-order valence-electron chi connectivity index (χ1n) is 5.41. The van der Waals surface area contributed by atoms with Gasteiger partial charge in [0.1, 0.15) is 0 Å². The fourth-order valence-electron chi connectivity index (χ4n) is 1.57. The van der Waals surface area contributed by atoms with Crippen LogP contribution in [0, 0.1) is 10.1 Å². The summed E-state index contributed by atoms with van der Waals surface area (Å²) in [7, 11) is 3.61. The summed E-state index contributed by atoms with van der Waals surface area (Å²) in [5, 5.41) is 13.6. The Morgan fingerprint density at radius 1 is 1.56 bits per heavy atom. The number of nitrogens with one attached hydrogen (secondary N) is 1. The van der Waals surface area contributed by atoms with Crippen LogP contribution in [0.2, 0.25) is 0 Å². The van der Waals surface area contributed by atoms with E-state index in [-0.39, 0.29) is 11.3 Å². The number of amides is 1. The van der Waals surface area contributed by atoms with Gasteiger partial charge in [-0.2, -0.15) is 0 Å². The summed E-state index contributed by atoms with van der Waals surface area (Å²) < 4.78 is 0. The van der Waals surface area contributed by atoms with Crippen LogP contribution in [0.25, 0.3) is 0 Å². The standard InChI is InChI=1S/C11H16N4O3/c1-13-5-6-14(2)10-4-3-8(15(17)18)7-9(10)11(12)16/h3-4,7,13H,5-6H2,1-2H3,(H2,12,16). The van der Waals surface area contributed by atoms with E-state index >= 15 is 0 Å². The summed E-state index contributed by atoms with van der Waals surface area (Å²) in [6.07, 6.45) is 0. The van der Waals surface area contributed by atoms with Gasteiger partial charge in [0, 0.05) is 38.0 Å². The Labute approximate surface area is 105 Å². The Kier molecular flexibility index (Phi) is 4.61. The summed E-state index contributed by atoms with van der Waals surface area (Å²) in [4.78, 5) is 23.3. The van der Waals surface area contributed by atoms with E-state index in [0.29, 0.717) is 12.2 Å². The second-order valence-corrected chi connectivity index (χ2v) is 3.85. The topological polar surface area (TPSA) is 102 Å². The smallest absolute Gasteiger partial charge is 0.270 e. The van der Waals surface area contributed by atoms with Crippen molar-refractivity contribution in [3.05, 3.63) is 33.9 Å². The van der Waals surface area contributed by atoms with Crippen LogP contribution in [0.3, 0.4) is 0 Å². The highest BCUT2D eigenvalue weighted by Crippen LogP contribution is 2.24. The molecule has 0 aliphatic heterocycles. The normalized spacial score (nSPS) is 10.1. The number of carbonyl (C=O) groups is 1. The first-order chi connectivity index (χ1) is 8.47. The van der Waals surface area contributed by atoms with Gasteiger partial charge in [-0.3, -0.25) is 14.9 Å². The maximum absolute atomic E-state index is 11.3. The fourth-order valence-corrected chi connectivity index (χ4v) is 1.57. The predicted molar refractivity (Wildman–Crippen MR) is 68.8 cm³/mol. The van der Waals surface area contributed by atoms with Crippen molar-refractivity contribution in [2.24, 2.45) is 5.73 Å². The molecule has 0 unspecified atom stereocenters. The minimum Gasteiger partial charge on any atom is -0.373 e. The molecule has 1 rings (SSSR count). The van der Waals surface area contributed by atoms with Crippen LogP contribution < -0.4 is 16.0 Å². The number of hydrogen-bond donors (Lipinski definition) is 2. The molecule has 0 aromatic heterocycles.